The van der Waals surface area contributed by atoms with Gasteiger partial charge in [-0.2, -0.15) is 0 Å². The molecule has 2 bridgehead atoms. The van der Waals surface area contributed by atoms with Crippen molar-refractivity contribution in [2.45, 2.75) is 65.7 Å². The maximum absolute atomic E-state index is 15.7. The lowest BCUT2D eigenvalue weighted by Crippen LogP contribution is -2.41. The van der Waals surface area contributed by atoms with E-state index in [4.69, 9.17) is 15.2 Å². The van der Waals surface area contributed by atoms with E-state index in [2.05, 4.69) is 15.0 Å². The Morgan fingerprint density at radius 1 is 1.12 bits per heavy atom. The van der Waals surface area contributed by atoms with E-state index in [1.165, 1.54) is 31.3 Å². The summed E-state index contributed by atoms with van der Waals surface area (Å²) in [4.78, 5) is 38.3. The molecule has 0 fully saturated rings. The molecule has 276 valence electrons. The van der Waals surface area contributed by atoms with Crippen LogP contribution in [0.3, 0.4) is 0 Å². The van der Waals surface area contributed by atoms with Crippen LogP contribution >= 0.6 is 0 Å². The molecule has 3 aromatic carbocycles. The fourth-order valence-corrected chi connectivity index (χ4v) is 8.11. The number of rotatable bonds is 5. The van der Waals surface area contributed by atoms with Crippen LogP contribution in [0.2, 0.25) is 0 Å². The second-order valence-corrected chi connectivity index (χ2v) is 15.7. The van der Waals surface area contributed by atoms with Crippen molar-refractivity contribution in [3.8, 4) is 11.5 Å². The number of hydrogen-bond acceptors (Lipinski definition) is 7. The number of aromatic nitrogens is 1. The van der Waals surface area contributed by atoms with Gasteiger partial charge in [-0.15, -0.1) is 0 Å². The average molecular weight is 733 g/mol. The quantitative estimate of drug-likeness (QED) is 0.206. The SMILES string of the molecule is CCOC(=O)C(C)Cc1cccc(C2(C)CCC(=O)C(C)(C)CS(=O)CCc3c(c(F)cc4[nH]ccc34)Oc3ccc(F)c(c3)C(=NC)N=C2N)c1. The van der Waals surface area contributed by atoms with Gasteiger partial charge in [0.1, 0.15) is 23.2 Å². The molecule has 0 spiro atoms. The average Bonchev–Trinajstić information content (AvgIpc) is 3.57. The number of hydrogen-bond donors (Lipinski definition) is 2. The second-order valence-electron chi connectivity index (χ2n) is 14.1. The number of amidine groups is 2. The first-order valence-corrected chi connectivity index (χ1v) is 18.9. The molecule has 0 radical (unpaired) electrons. The van der Waals surface area contributed by atoms with Crippen molar-refractivity contribution in [3.05, 3.63) is 94.7 Å². The van der Waals surface area contributed by atoms with Gasteiger partial charge < -0.3 is 20.2 Å². The summed E-state index contributed by atoms with van der Waals surface area (Å²) in [5, 5.41) is 0.701. The van der Waals surface area contributed by atoms with Gasteiger partial charge in [-0.25, -0.2) is 13.8 Å². The minimum absolute atomic E-state index is 0.0218. The van der Waals surface area contributed by atoms with Crippen molar-refractivity contribution >= 4 is 45.1 Å². The Hall–Kier alpha value is -4.71. The smallest absolute Gasteiger partial charge is 0.308 e. The lowest BCUT2D eigenvalue weighted by molar-refractivity contribution is -0.147. The molecule has 1 aliphatic heterocycles. The molecular weight excluding hydrogens is 687 g/mol. The van der Waals surface area contributed by atoms with Crippen molar-refractivity contribution in [2.75, 3.05) is 25.2 Å². The molecule has 2 heterocycles. The number of nitrogens with one attached hydrogen (secondary N) is 1. The molecule has 3 unspecified atom stereocenters. The van der Waals surface area contributed by atoms with E-state index in [0.29, 0.717) is 22.9 Å². The van der Waals surface area contributed by atoms with E-state index in [-0.39, 0.29) is 77.9 Å². The normalized spacial score (nSPS) is 21.4. The van der Waals surface area contributed by atoms with E-state index in [0.717, 1.165) is 11.1 Å². The Labute approximate surface area is 305 Å². The number of nitrogens with two attached hydrogens (primary N) is 1. The van der Waals surface area contributed by atoms with E-state index >= 15 is 8.78 Å². The number of aromatic amines is 1. The summed E-state index contributed by atoms with van der Waals surface area (Å²) in [5.74, 6) is -1.72. The lowest BCUT2D eigenvalue weighted by Gasteiger charge is -2.32. The summed E-state index contributed by atoms with van der Waals surface area (Å²) in [6.07, 6.45) is 2.61. The van der Waals surface area contributed by atoms with E-state index < -0.39 is 39.2 Å². The number of benzene rings is 3. The second kappa shape index (κ2) is 15.9. The van der Waals surface area contributed by atoms with Crippen molar-refractivity contribution < 1.29 is 32.1 Å². The number of aliphatic imine (C=N–C) groups is 2. The van der Waals surface area contributed by atoms with Crippen molar-refractivity contribution in [3.63, 3.8) is 0 Å². The molecule has 9 nitrogen and oxygen atoms in total. The van der Waals surface area contributed by atoms with Gasteiger partial charge in [-0.3, -0.25) is 18.8 Å². The first-order chi connectivity index (χ1) is 24.7. The monoisotopic (exact) mass is 732 g/mol. The van der Waals surface area contributed by atoms with Crippen molar-refractivity contribution in [1.82, 2.24) is 4.98 Å². The number of esters is 1. The van der Waals surface area contributed by atoms with Gasteiger partial charge in [-0.05, 0) is 68.5 Å². The highest BCUT2D eigenvalue weighted by atomic mass is 32.2. The zero-order chi connectivity index (χ0) is 37.8. The van der Waals surface area contributed by atoms with Crippen LogP contribution in [0.15, 0.2) is 70.8 Å². The molecule has 0 saturated carbocycles. The van der Waals surface area contributed by atoms with E-state index in [1.807, 2.05) is 31.2 Å². The fraction of sp³-hybridized carbons (Fsp3) is 0.400. The molecule has 3 atom stereocenters. The summed E-state index contributed by atoms with van der Waals surface area (Å²) < 4.78 is 56.1. The largest absolute Gasteiger partial charge is 0.466 e. The van der Waals surface area contributed by atoms with Gasteiger partial charge in [0.15, 0.2) is 17.4 Å². The highest BCUT2D eigenvalue weighted by molar-refractivity contribution is 7.85. The van der Waals surface area contributed by atoms with Gasteiger partial charge in [0.05, 0.1) is 23.5 Å². The van der Waals surface area contributed by atoms with Crippen LogP contribution in [-0.4, -0.2) is 57.8 Å². The summed E-state index contributed by atoms with van der Waals surface area (Å²) in [6, 6.07) is 14.7. The highest BCUT2D eigenvalue weighted by Gasteiger charge is 2.37. The molecule has 52 heavy (non-hydrogen) atoms. The first-order valence-electron chi connectivity index (χ1n) is 17.4. The molecule has 1 aromatic heterocycles. The molecule has 5 rings (SSSR count). The third kappa shape index (κ3) is 8.33. The summed E-state index contributed by atoms with van der Waals surface area (Å²) >= 11 is 0. The highest BCUT2D eigenvalue weighted by Crippen LogP contribution is 2.37. The molecular formula is C40H46F2N4O5S. The topological polar surface area (TPSA) is 136 Å². The molecule has 0 amide bonds. The molecule has 0 aliphatic carbocycles. The number of Topliss-reactive ketones (excluding diaryl/α,β-unsaturated/α-hetero) is 1. The standard InChI is InChI=1S/C40H46F2N4O5S/c1-7-50-37(48)24(2)19-25-9-8-10-26(20-25)40(5)16-13-34(47)39(3,4)23-52(49)18-15-29-28-14-17-45-33(28)22-32(42)35(29)51-27-11-12-31(41)30(21-27)36(44-6)46-38(40)43/h8-12,14,17,20-22,24,45H,7,13,15-16,18-19,23H2,1-6H3,(H2,43,44,46). The van der Waals surface area contributed by atoms with Crippen LogP contribution < -0.4 is 10.5 Å². The Bertz CT molecular complexity index is 2070. The van der Waals surface area contributed by atoms with Gasteiger partial charge in [-0.1, -0.05) is 45.0 Å². The maximum atomic E-state index is 15.7. The predicted octanol–water partition coefficient (Wildman–Crippen LogP) is 7.35. The number of carbonyl (C=O) groups is 2. The van der Waals surface area contributed by atoms with Crippen LogP contribution in [0.1, 0.15) is 69.7 Å². The fourth-order valence-electron chi connectivity index (χ4n) is 6.56. The number of fused-ring (bicyclic) bond motifs is 5. The minimum Gasteiger partial charge on any atom is -0.466 e. The number of ketones is 1. The van der Waals surface area contributed by atoms with Crippen LogP contribution in [0.4, 0.5) is 8.78 Å². The lowest BCUT2D eigenvalue weighted by atomic mass is 9.74. The van der Waals surface area contributed by atoms with Gasteiger partial charge in [0.2, 0.25) is 0 Å². The zero-order valence-corrected chi connectivity index (χ0v) is 31.3. The van der Waals surface area contributed by atoms with Crippen LogP contribution in [-0.2, 0) is 43.4 Å². The summed E-state index contributed by atoms with van der Waals surface area (Å²) in [6.45, 7) is 9.25. The molecule has 12 heteroatoms. The number of H-pyrrole nitrogens is 1. The van der Waals surface area contributed by atoms with Crippen LogP contribution in [0, 0.1) is 23.0 Å². The number of aryl methyl sites for hydroxylation is 1. The Kier molecular flexibility index (Phi) is 11.8. The van der Waals surface area contributed by atoms with Gasteiger partial charge >= 0.3 is 5.97 Å². The molecule has 1 aliphatic rings. The van der Waals surface area contributed by atoms with Crippen molar-refractivity contribution in [1.29, 1.82) is 0 Å². The third-order valence-corrected chi connectivity index (χ3v) is 11.5. The summed E-state index contributed by atoms with van der Waals surface area (Å²) in [5.41, 5.74) is 7.47. The summed E-state index contributed by atoms with van der Waals surface area (Å²) in [7, 11) is 0.0130. The van der Waals surface area contributed by atoms with Gasteiger partial charge in [0, 0.05) is 69.9 Å². The number of carbonyl (C=O) groups excluding carboxylic acids is 2. The number of ether oxygens (including phenoxy) is 2. The van der Waals surface area contributed by atoms with Crippen molar-refractivity contribution in [2.24, 2.45) is 27.1 Å². The molecule has 3 N–H and O–H groups in total. The Balaban J connectivity index is 1.63. The van der Waals surface area contributed by atoms with Gasteiger partial charge in [0.25, 0.3) is 0 Å². The Morgan fingerprint density at radius 3 is 2.62 bits per heavy atom. The maximum Gasteiger partial charge on any atom is 0.308 e. The third-order valence-electron chi connectivity index (χ3n) is 9.77. The van der Waals surface area contributed by atoms with Crippen LogP contribution in [0.25, 0.3) is 10.9 Å². The first kappa shape index (κ1) is 38.5. The predicted molar refractivity (Wildman–Crippen MR) is 202 cm³/mol. The van der Waals surface area contributed by atoms with E-state index in [9.17, 15) is 13.8 Å². The Morgan fingerprint density at radius 2 is 1.88 bits per heavy atom. The zero-order valence-electron chi connectivity index (χ0n) is 30.5. The molecule has 0 saturated heterocycles. The molecule has 4 aromatic rings. The number of halogens is 2. The number of nitrogens with zero attached hydrogens (tertiary/aromatic N) is 2. The minimum atomic E-state index is -1.45. The van der Waals surface area contributed by atoms with Crippen LogP contribution in [0.5, 0.6) is 11.5 Å². The van der Waals surface area contributed by atoms with E-state index in [1.54, 1.807) is 40.0 Å².